The number of hydrogen-bond donors (Lipinski definition) is 1. The van der Waals surface area contributed by atoms with Crippen LogP contribution in [0.1, 0.15) is 27.6 Å². The number of allylic oxidation sites excluding steroid dienone is 4. The highest BCUT2D eigenvalue weighted by Crippen LogP contribution is 2.30. The van der Waals surface area contributed by atoms with Crippen LogP contribution >= 0.6 is 11.3 Å². The predicted molar refractivity (Wildman–Crippen MR) is 100 cm³/mol. The molecule has 1 aliphatic rings. The number of halogens is 4. The number of carbonyl (C=O) groups excluding carboxylic acids is 1. The van der Waals surface area contributed by atoms with Gasteiger partial charge in [0.05, 0.1) is 23.0 Å². The maximum absolute atomic E-state index is 13.1. The molecule has 0 bridgehead atoms. The molecule has 0 aromatic carbocycles. The van der Waals surface area contributed by atoms with E-state index in [-0.39, 0.29) is 16.6 Å². The number of hydrogen-bond acceptors (Lipinski definition) is 4. The normalized spacial score (nSPS) is 16.8. The van der Waals surface area contributed by atoms with Gasteiger partial charge in [-0.15, -0.1) is 11.3 Å². The molecule has 1 N–H and O–H groups in total. The Kier molecular flexibility index (Phi) is 4.95. The minimum Gasteiger partial charge on any atom is -0.342 e. The highest BCUT2D eigenvalue weighted by molar-refractivity contribution is 7.12. The quantitative estimate of drug-likeness (QED) is 0.623. The Morgan fingerprint density at radius 3 is 2.86 bits per heavy atom. The van der Waals surface area contributed by atoms with Crippen LogP contribution in [-0.2, 0) is 0 Å². The van der Waals surface area contributed by atoms with Crippen molar-refractivity contribution in [2.75, 3.05) is 6.54 Å². The van der Waals surface area contributed by atoms with E-state index in [1.165, 1.54) is 18.2 Å². The van der Waals surface area contributed by atoms with Crippen molar-refractivity contribution < 1.29 is 22.4 Å². The average molecular weight is 422 g/mol. The van der Waals surface area contributed by atoms with Crippen molar-refractivity contribution >= 4 is 22.9 Å². The SMILES string of the molecule is O=C(NCC(F)(F)F)c1cc(-c2cnc3cc(C4C=CC(F)=CC4)cnn23)cs1. The standard InChI is InChI=1S/C19H14F4N4OS/c20-14-3-1-11(2-4-14)12-6-17-24-8-15(27(17)26-7-12)13-5-16(29-9-13)18(28)25-10-19(21,22)23/h1,3-9,11H,2,10H2,(H,25,28). The van der Waals surface area contributed by atoms with Gasteiger partial charge in [-0.3, -0.25) is 4.79 Å². The molecule has 1 amide bonds. The van der Waals surface area contributed by atoms with E-state index >= 15 is 0 Å². The van der Waals surface area contributed by atoms with Crippen LogP contribution in [0.25, 0.3) is 16.9 Å². The molecule has 3 aromatic heterocycles. The molecule has 0 radical (unpaired) electrons. The van der Waals surface area contributed by atoms with E-state index in [1.807, 2.05) is 11.4 Å². The molecule has 0 saturated heterocycles. The topological polar surface area (TPSA) is 59.3 Å². The summed E-state index contributed by atoms with van der Waals surface area (Å²) in [6.07, 6.45) is 4.05. The Morgan fingerprint density at radius 1 is 1.31 bits per heavy atom. The molecule has 4 rings (SSSR count). The number of alkyl halides is 3. The van der Waals surface area contributed by atoms with E-state index in [0.717, 1.165) is 16.9 Å². The average Bonchev–Trinajstić information content (AvgIpc) is 3.32. The van der Waals surface area contributed by atoms with Crippen molar-refractivity contribution in [3.05, 3.63) is 64.4 Å². The lowest BCUT2D eigenvalue weighted by Gasteiger charge is -2.13. The van der Waals surface area contributed by atoms with E-state index in [9.17, 15) is 22.4 Å². The van der Waals surface area contributed by atoms with Crippen LogP contribution in [0.3, 0.4) is 0 Å². The van der Waals surface area contributed by atoms with E-state index in [1.54, 1.807) is 28.4 Å². The third-order valence-electron chi connectivity index (χ3n) is 4.43. The van der Waals surface area contributed by atoms with E-state index in [2.05, 4.69) is 10.1 Å². The zero-order valence-corrected chi connectivity index (χ0v) is 15.6. The summed E-state index contributed by atoms with van der Waals surface area (Å²) in [4.78, 5) is 16.4. The molecule has 0 fully saturated rings. The molecule has 1 unspecified atom stereocenters. The minimum atomic E-state index is -4.46. The molecule has 5 nitrogen and oxygen atoms in total. The summed E-state index contributed by atoms with van der Waals surface area (Å²) in [5.41, 5.74) is 2.72. The second-order valence-electron chi connectivity index (χ2n) is 6.49. The van der Waals surface area contributed by atoms with Gasteiger partial charge in [0.1, 0.15) is 12.4 Å². The maximum Gasteiger partial charge on any atom is 0.405 e. The molecule has 150 valence electrons. The lowest BCUT2D eigenvalue weighted by atomic mass is 9.94. The number of amides is 1. The summed E-state index contributed by atoms with van der Waals surface area (Å²) in [7, 11) is 0. The van der Waals surface area contributed by atoms with Crippen molar-refractivity contribution in [2.24, 2.45) is 0 Å². The highest BCUT2D eigenvalue weighted by atomic mass is 32.1. The number of imidazole rings is 1. The number of fused-ring (bicyclic) bond motifs is 1. The van der Waals surface area contributed by atoms with Crippen LogP contribution in [0.15, 0.2) is 54.0 Å². The third kappa shape index (κ3) is 4.21. The third-order valence-corrected chi connectivity index (χ3v) is 5.36. The number of rotatable bonds is 4. The van der Waals surface area contributed by atoms with E-state index in [0.29, 0.717) is 23.3 Å². The number of carbonyl (C=O) groups is 1. The Bertz CT molecular complexity index is 1130. The van der Waals surface area contributed by atoms with Crippen LogP contribution in [0, 0.1) is 0 Å². The Hall–Kier alpha value is -3.01. The first-order valence-electron chi connectivity index (χ1n) is 8.61. The first-order valence-corrected chi connectivity index (χ1v) is 9.49. The Morgan fingerprint density at radius 2 is 2.14 bits per heavy atom. The predicted octanol–water partition coefficient (Wildman–Crippen LogP) is 4.65. The molecule has 1 atom stereocenters. The monoisotopic (exact) mass is 422 g/mol. The fourth-order valence-corrected chi connectivity index (χ4v) is 3.81. The summed E-state index contributed by atoms with van der Waals surface area (Å²) in [5, 5.41) is 7.91. The summed E-state index contributed by atoms with van der Waals surface area (Å²) in [5.74, 6) is -1.03. The minimum absolute atomic E-state index is 0.0113. The van der Waals surface area contributed by atoms with Gasteiger partial charge in [-0.1, -0.05) is 6.08 Å². The van der Waals surface area contributed by atoms with Crippen LogP contribution in [0.2, 0.25) is 0 Å². The fraction of sp³-hybridized carbons (Fsp3) is 0.211. The second-order valence-corrected chi connectivity index (χ2v) is 7.40. The molecule has 1 aliphatic carbocycles. The van der Waals surface area contributed by atoms with Gasteiger partial charge in [-0.25, -0.2) is 13.9 Å². The molecule has 0 saturated carbocycles. The maximum atomic E-state index is 13.1. The second kappa shape index (κ2) is 7.43. The highest BCUT2D eigenvalue weighted by Gasteiger charge is 2.28. The molecular formula is C19H14F4N4OS. The van der Waals surface area contributed by atoms with Gasteiger partial charge >= 0.3 is 6.18 Å². The van der Waals surface area contributed by atoms with Crippen LogP contribution in [0.5, 0.6) is 0 Å². The van der Waals surface area contributed by atoms with Gasteiger partial charge in [0.2, 0.25) is 0 Å². The molecule has 0 aliphatic heterocycles. The summed E-state index contributed by atoms with van der Waals surface area (Å²) >= 11 is 1.04. The van der Waals surface area contributed by atoms with Gasteiger partial charge in [-0.05, 0) is 36.3 Å². The molecule has 29 heavy (non-hydrogen) atoms. The molecule has 0 spiro atoms. The molecule has 3 heterocycles. The first-order chi connectivity index (χ1) is 13.8. The Balaban J connectivity index is 1.55. The van der Waals surface area contributed by atoms with Crippen molar-refractivity contribution in [1.29, 1.82) is 0 Å². The summed E-state index contributed by atoms with van der Waals surface area (Å²) in [6, 6.07) is 3.36. The lowest BCUT2D eigenvalue weighted by Crippen LogP contribution is -2.33. The molecule has 10 heteroatoms. The summed E-state index contributed by atoms with van der Waals surface area (Å²) < 4.78 is 51.5. The first kappa shape index (κ1) is 19.3. The fourth-order valence-electron chi connectivity index (χ4n) is 2.99. The van der Waals surface area contributed by atoms with Crippen LogP contribution in [-0.4, -0.2) is 33.2 Å². The molecular weight excluding hydrogens is 408 g/mol. The van der Waals surface area contributed by atoms with E-state index < -0.39 is 18.6 Å². The lowest BCUT2D eigenvalue weighted by molar-refractivity contribution is -0.123. The number of nitrogens with zero attached hydrogens (tertiary/aromatic N) is 3. The van der Waals surface area contributed by atoms with E-state index in [4.69, 9.17) is 0 Å². The smallest absolute Gasteiger partial charge is 0.342 e. The number of aromatic nitrogens is 3. The zero-order valence-electron chi connectivity index (χ0n) is 14.8. The summed E-state index contributed by atoms with van der Waals surface area (Å²) in [6.45, 7) is -1.38. The number of thiophene rings is 1. The van der Waals surface area contributed by atoms with Crippen molar-refractivity contribution in [1.82, 2.24) is 19.9 Å². The van der Waals surface area contributed by atoms with Crippen molar-refractivity contribution in [3.63, 3.8) is 0 Å². The van der Waals surface area contributed by atoms with Gasteiger partial charge in [-0.2, -0.15) is 18.3 Å². The van der Waals surface area contributed by atoms with Gasteiger partial charge in [0.15, 0.2) is 5.65 Å². The van der Waals surface area contributed by atoms with Gasteiger partial charge in [0, 0.05) is 16.9 Å². The number of nitrogens with one attached hydrogen (secondary N) is 1. The van der Waals surface area contributed by atoms with Gasteiger partial charge < -0.3 is 5.32 Å². The van der Waals surface area contributed by atoms with Crippen LogP contribution < -0.4 is 5.32 Å². The van der Waals surface area contributed by atoms with Crippen molar-refractivity contribution in [2.45, 2.75) is 18.5 Å². The van der Waals surface area contributed by atoms with Crippen molar-refractivity contribution in [3.8, 4) is 11.3 Å². The van der Waals surface area contributed by atoms with Gasteiger partial charge in [0.25, 0.3) is 5.91 Å². The van der Waals surface area contributed by atoms with Crippen LogP contribution in [0.4, 0.5) is 17.6 Å². The largest absolute Gasteiger partial charge is 0.405 e. The zero-order chi connectivity index (χ0) is 20.6. The Labute approximate surface area is 166 Å². The molecule has 3 aromatic rings.